The summed E-state index contributed by atoms with van der Waals surface area (Å²) in [7, 11) is 1.96. The monoisotopic (exact) mass is 641 g/mol. The number of allylic oxidation sites excluding steroid dienone is 3. The average molecular weight is 642 g/mol. The topological polar surface area (TPSA) is 106 Å². The van der Waals surface area contributed by atoms with Gasteiger partial charge < -0.3 is 10.6 Å². The number of aliphatic imine (C=N–C) groups is 2. The molecule has 4 N–H and O–H groups in total. The maximum atomic E-state index is 4.73. The van der Waals surface area contributed by atoms with E-state index in [1.165, 1.54) is 16.7 Å². The molecule has 3 aliphatic rings. The van der Waals surface area contributed by atoms with Gasteiger partial charge in [0, 0.05) is 50.1 Å². The van der Waals surface area contributed by atoms with Crippen LogP contribution in [-0.4, -0.2) is 56.6 Å². The molecule has 2 aromatic heterocycles. The number of benzene rings is 1. The van der Waals surface area contributed by atoms with Crippen LogP contribution in [0.15, 0.2) is 80.7 Å². The minimum atomic E-state index is 0.360. The lowest BCUT2D eigenvalue weighted by molar-refractivity contribution is 0.421. The quantitative estimate of drug-likeness (QED) is 0.213. The molecule has 9 nitrogen and oxygen atoms in total. The van der Waals surface area contributed by atoms with Crippen LogP contribution in [0.2, 0.25) is 0 Å². The van der Waals surface area contributed by atoms with Gasteiger partial charge in [-0.15, -0.1) is 0 Å². The highest BCUT2D eigenvalue weighted by molar-refractivity contribution is 8.14. The normalized spacial score (nSPS) is 18.0. The molecule has 3 aromatic rings. The number of rotatable bonds is 7. The maximum absolute atomic E-state index is 4.73. The molecule has 0 aliphatic carbocycles. The minimum Gasteiger partial charge on any atom is -0.364 e. The molecule has 5 heterocycles. The van der Waals surface area contributed by atoms with Crippen molar-refractivity contribution in [1.29, 1.82) is 0 Å². The number of thioether (sulfide) groups is 2. The molecule has 3 aliphatic heterocycles. The van der Waals surface area contributed by atoms with Crippen molar-refractivity contribution in [3.8, 4) is 0 Å². The van der Waals surface area contributed by atoms with Gasteiger partial charge in [-0.3, -0.25) is 25.5 Å². The molecule has 0 saturated carbocycles. The first-order valence-electron chi connectivity index (χ1n) is 15.2. The molecule has 0 spiro atoms. The summed E-state index contributed by atoms with van der Waals surface area (Å²) in [5, 5.41) is 19.1. The zero-order chi connectivity index (χ0) is 32.1. The highest BCUT2D eigenvalue weighted by Gasteiger charge is 2.26. The lowest BCUT2D eigenvalue weighted by Crippen LogP contribution is -2.47. The molecule has 1 aromatic carbocycles. The summed E-state index contributed by atoms with van der Waals surface area (Å²) >= 11 is 3.28. The van der Waals surface area contributed by atoms with E-state index >= 15 is 0 Å². The predicted molar refractivity (Wildman–Crippen MR) is 191 cm³/mol. The van der Waals surface area contributed by atoms with Crippen LogP contribution in [-0.2, 0) is 19.4 Å². The molecule has 236 valence electrons. The number of hydrogen-bond donors (Lipinski definition) is 4. The van der Waals surface area contributed by atoms with E-state index in [-0.39, 0.29) is 0 Å². The third-order valence-corrected chi connectivity index (χ3v) is 9.50. The number of aryl methyl sites for hydroxylation is 3. The van der Waals surface area contributed by atoms with Gasteiger partial charge in [-0.2, -0.15) is 5.10 Å². The SMILES string of the molecule is C=C(C)/C=C(/C)N=C1Cc2[nH]nc(NCc3ccc(CC)cc3)c2S1.C=C1c2c(C)cc(C)nc2SC(=NC2CNC2)NN1C. The molecular formula is C34H43N9S2. The standard InChI is InChI=1S/C20H24N4S.C14H19N5S/c1-5-15-6-8-16(9-7-15)12-21-20-19-17(23-24-20)11-18(25-19)22-14(4)10-13(2)3;1-8-5-9(2)16-13-12(8)10(3)19(4)18-14(20-13)17-11-6-15-7-11/h6-10H,2,5,11-12H2,1,3-4H3,(H2,21,23,24);5,11,15H,3,6-7H2,1-2,4H3,(H,17,18)/b14-10-,22-18?;. The Balaban J connectivity index is 0.000000182. The Hall–Kier alpha value is -3.80. The van der Waals surface area contributed by atoms with Gasteiger partial charge in [0.25, 0.3) is 0 Å². The van der Waals surface area contributed by atoms with Gasteiger partial charge >= 0.3 is 0 Å². The molecule has 1 fully saturated rings. The number of anilines is 1. The van der Waals surface area contributed by atoms with Gasteiger partial charge in [0.2, 0.25) is 0 Å². The van der Waals surface area contributed by atoms with Crippen LogP contribution in [0.5, 0.6) is 0 Å². The van der Waals surface area contributed by atoms with Crippen molar-refractivity contribution in [3.05, 3.63) is 94.5 Å². The predicted octanol–water partition coefficient (Wildman–Crippen LogP) is 6.65. The Labute approximate surface area is 275 Å². The lowest BCUT2D eigenvalue weighted by Gasteiger charge is -2.25. The Morgan fingerprint density at radius 3 is 2.56 bits per heavy atom. The van der Waals surface area contributed by atoms with Gasteiger partial charge in [-0.05, 0) is 74.7 Å². The van der Waals surface area contributed by atoms with E-state index in [2.05, 4.69) is 93.6 Å². The number of hydrazine groups is 1. The fourth-order valence-corrected chi connectivity index (χ4v) is 7.29. The van der Waals surface area contributed by atoms with Gasteiger partial charge in [0.05, 0.1) is 27.4 Å². The van der Waals surface area contributed by atoms with Gasteiger partial charge in [-0.25, -0.2) is 4.98 Å². The number of hydrogen-bond acceptors (Lipinski definition) is 9. The van der Waals surface area contributed by atoms with Crippen molar-refractivity contribution in [2.75, 3.05) is 25.5 Å². The number of fused-ring (bicyclic) bond motifs is 2. The van der Waals surface area contributed by atoms with E-state index in [9.17, 15) is 0 Å². The highest BCUT2D eigenvalue weighted by Crippen LogP contribution is 2.38. The largest absolute Gasteiger partial charge is 0.364 e. The smallest absolute Gasteiger partial charge is 0.182 e. The van der Waals surface area contributed by atoms with E-state index in [1.807, 2.05) is 38.9 Å². The van der Waals surface area contributed by atoms with Crippen molar-refractivity contribution in [3.63, 3.8) is 0 Å². The molecule has 0 radical (unpaired) electrons. The first kappa shape index (κ1) is 32.6. The fraction of sp³-hybridized carbons (Fsp3) is 0.353. The second-order valence-electron chi connectivity index (χ2n) is 11.5. The molecule has 0 bridgehead atoms. The molecule has 6 rings (SSSR count). The number of nitrogens with zero attached hydrogens (tertiary/aromatic N) is 5. The summed E-state index contributed by atoms with van der Waals surface area (Å²) in [5.74, 6) is 0.909. The summed E-state index contributed by atoms with van der Waals surface area (Å²) in [6, 6.07) is 11.2. The van der Waals surface area contributed by atoms with Crippen LogP contribution in [0.4, 0.5) is 5.82 Å². The second kappa shape index (κ2) is 14.5. The molecule has 0 amide bonds. The van der Waals surface area contributed by atoms with E-state index in [4.69, 9.17) is 4.99 Å². The summed E-state index contributed by atoms with van der Waals surface area (Å²) in [4.78, 5) is 15.2. The molecular weight excluding hydrogens is 599 g/mol. The zero-order valence-electron chi connectivity index (χ0n) is 27.0. The highest BCUT2D eigenvalue weighted by atomic mass is 32.2. The summed E-state index contributed by atoms with van der Waals surface area (Å²) in [5.41, 5.74) is 13.3. The fourth-order valence-electron chi connectivity index (χ4n) is 5.06. The van der Waals surface area contributed by atoms with Crippen LogP contribution in [0.1, 0.15) is 54.4 Å². The number of H-pyrrole nitrogens is 1. The van der Waals surface area contributed by atoms with Crippen molar-refractivity contribution in [1.82, 2.24) is 30.9 Å². The number of amidine groups is 1. The number of aromatic amines is 1. The van der Waals surface area contributed by atoms with Crippen molar-refractivity contribution in [2.24, 2.45) is 9.98 Å². The number of aromatic nitrogens is 3. The average Bonchev–Trinajstić information content (AvgIpc) is 3.50. The molecule has 1 saturated heterocycles. The van der Waals surface area contributed by atoms with Crippen molar-refractivity contribution in [2.45, 2.75) is 70.0 Å². The first-order valence-corrected chi connectivity index (χ1v) is 16.8. The number of pyridine rings is 1. The van der Waals surface area contributed by atoms with E-state index in [1.54, 1.807) is 23.5 Å². The molecule has 0 atom stereocenters. The van der Waals surface area contributed by atoms with Gasteiger partial charge in [-0.1, -0.05) is 61.7 Å². The third-order valence-electron chi connectivity index (χ3n) is 7.51. The lowest BCUT2D eigenvalue weighted by atomic mass is 10.1. The zero-order valence-corrected chi connectivity index (χ0v) is 28.7. The van der Waals surface area contributed by atoms with E-state index in [0.29, 0.717) is 6.04 Å². The molecule has 0 unspecified atom stereocenters. The Kier molecular flexibility index (Phi) is 10.5. The van der Waals surface area contributed by atoms with Crippen LogP contribution in [0, 0.1) is 13.8 Å². The second-order valence-corrected chi connectivity index (χ2v) is 13.6. The Morgan fingerprint density at radius 2 is 1.89 bits per heavy atom. The summed E-state index contributed by atoms with van der Waals surface area (Å²) < 4.78 is 0. The van der Waals surface area contributed by atoms with Gasteiger partial charge in [0.1, 0.15) is 5.03 Å². The van der Waals surface area contributed by atoms with Crippen LogP contribution >= 0.6 is 23.5 Å². The van der Waals surface area contributed by atoms with E-state index in [0.717, 1.165) is 92.3 Å². The summed E-state index contributed by atoms with van der Waals surface area (Å²) in [6.07, 6.45) is 3.87. The molecule has 11 heteroatoms. The number of nitrogens with one attached hydrogen (secondary N) is 4. The van der Waals surface area contributed by atoms with Crippen molar-refractivity contribution >= 4 is 45.3 Å². The van der Waals surface area contributed by atoms with Crippen molar-refractivity contribution < 1.29 is 0 Å². The molecule has 45 heavy (non-hydrogen) atoms. The Bertz CT molecular complexity index is 1660. The minimum absolute atomic E-state index is 0.360. The first-order chi connectivity index (χ1) is 21.6. The van der Waals surface area contributed by atoms with Crippen LogP contribution in [0.25, 0.3) is 5.70 Å². The van der Waals surface area contributed by atoms with Gasteiger partial charge in [0.15, 0.2) is 11.0 Å². The summed E-state index contributed by atoms with van der Waals surface area (Å²) in [6.45, 7) is 21.0. The third kappa shape index (κ3) is 8.27. The Morgan fingerprint density at radius 1 is 1.16 bits per heavy atom. The van der Waals surface area contributed by atoms with Crippen LogP contribution in [0.3, 0.4) is 0 Å². The van der Waals surface area contributed by atoms with Crippen LogP contribution < -0.4 is 16.1 Å². The maximum Gasteiger partial charge on any atom is 0.182 e. The van der Waals surface area contributed by atoms with E-state index < -0.39 is 0 Å².